The molecule has 16 heavy (non-hydrogen) atoms. The Morgan fingerprint density at radius 3 is 2.56 bits per heavy atom. The lowest BCUT2D eigenvalue weighted by Gasteiger charge is -2.18. The van der Waals surface area contributed by atoms with Crippen molar-refractivity contribution in [1.82, 2.24) is 4.98 Å². The highest BCUT2D eigenvalue weighted by atomic mass is 15.2. The molecule has 2 atom stereocenters. The van der Waals surface area contributed by atoms with E-state index in [9.17, 15) is 0 Å². The number of hydrogen-bond acceptors (Lipinski definition) is 4. The summed E-state index contributed by atoms with van der Waals surface area (Å²) in [5.41, 5.74) is 7.03. The van der Waals surface area contributed by atoms with Gasteiger partial charge in [-0.15, -0.1) is 0 Å². The van der Waals surface area contributed by atoms with Crippen LogP contribution in [0.3, 0.4) is 0 Å². The van der Waals surface area contributed by atoms with Gasteiger partial charge in [0.05, 0.1) is 11.3 Å². The van der Waals surface area contributed by atoms with Crippen LogP contribution >= 0.6 is 0 Å². The van der Waals surface area contributed by atoms with Crippen LogP contribution in [0.1, 0.15) is 19.4 Å². The van der Waals surface area contributed by atoms with Crippen LogP contribution in [-0.2, 0) is 0 Å². The summed E-state index contributed by atoms with van der Waals surface area (Å²) < 4.78 is 0. The number of nitriles is 1. The molecule has 2 N–H and O–H groups in total. The number of rotatable bonds is 1. The summed E-state index contributed by atoms with van der Waals surface area (Å²) in [6.07, 6.45) is 1.58. The Morgan fingerprint density at radius 2 is 2.06 bits per heavy atom. The van der Waals surface area contributed by atoms with Crippen molar-refractivity contribution in [2.75, 3.05) is 23.7 Å². The van der Waals surface area contributed by atoms with Gasteiger partial charge in [0.15, 0.2) is 5.82 Å². The highest BCUT2D eigenvalue weighted by Crippen LogP contribution is 2.29. The Kier molecular flexibility index (Phi) is 2.69. The quantitative estimate of drug-likeness (QED) is 0.774. The van der Waals surface area contributed by atoms with Crippen molar-refractivity contribution in [3.63, 3.8) is 0 Å². The summed E-state index contributed by atoms with van der Waals surface area (Å²) in [7, 11) is 0. The minimum Gasteiger partial charge on any atom is -0.396 e. The molecule has 0 aliphatic carbocycles. The third-order valence-corrected chi connectivity index (χ3v) is 3.31. The number of aromatic nitrogens is 1. The fourth-order valence-electron chi connectivity index (χ4n) is 2.10. The van der Waals surface area contributed by atoms with Crippen molar-refractivity contribution >= 4 is 11.5 Å². The van der Waals surface area contributed by atoms with Crippen LogP contribution in [-0.4, -0.2) is 18.1 Å². The summed E-state index contributed by atoms with van der Waals surface area (Å²) in [4.78, 5) is 6.48. The van der Waals surface area contributed by atoms with Gasteiger partial charge in [-0.1, -0.05) is 13.8 Å². The van der Waals surface area contributed by atoms with E-state index in [1.165, 1.54) is 0 Å². The molecule has 0 amide bonds. The fraction of sp³-hybridized carbons (Fsp3) is 0.500. The second-order valence-electron chi connectivity index (χ2n) is 4.61. The van der Waals surface area contributed by atoms with E-state index in [1.54, 1.807) is 12.3 Å². The van der Waals surface area contributed by atoms with Gasteiger partial charge in [-0.05, 0) is 17.9 Å². The van der Waals surface area contributed by atoms with Gasteiger partial charge in [-0.3, -0.25) is 0 Å². The minimum absolute atomic E-state index is 0.515. The van der Waals surface area contributed by atoms with E-state index < -0.39 is 0 Å². The average Bonchev–Trinajstić information content (AvgIpc) is 2.58. The van der Waals surface area contributed by atoms with Crippen LogP contribution in [0.2, 0.25) is 0 Å². The molecule has 1 aromatic rings. The molecule has 0 bridgehead atoms. The fourth-order valence-corrected chi connectivity index (χ4v) is 2.10. The molecule has 84 valence electrons. The molecule has 0 spiro atoms. The van der Waals surface area contributed by atoms with E-state index in [1.807, 2.05) is 6.07 Å². The molecule has 1 saturated heterocycles. The van der Waals surface area contributed by atoms with E-state index in [-0.39, 0.29) is 0 Å². The number of hydrogen-bond donors (Lipinski definition) is 1. The first-order valence-corrected chi connectivity index (χ1v) is 5.52. The maximum atomic E-state index is 8.74. The lowest BCUT2D eigenvalue weighted by molar-refractivity contribution is 0.494. The van der Waals surface area contributed by atoms with Crippen LogP contribution in [0, 0.1) is 23.2 Å². The predicted molar refractivity (Wildman–Crippen MR) is 63.9 cm³/mol. The molecule has 1 aliphatic heterocycles. The molecule has 0 radical (unpaired) electrons. The maximum absolute atomic E-state index is 8.74. The summed E-state index contributed by atoms with van der Waals surface area (Å²) in [5, 5.41) is 8.74. The molecule has 1 aliphatic rings. The van der Waals surface area contributed by atoms with Gasteiger partial charge >= 0.3 is 0 Å². The minimum atomic E-state index is 0.515. The Hall–Kier alpha value is -1.76. The van der Waals surface area contributed by atoms with Crippen molar-refractivity contribution in [3.8, 4) is 6.07 Å². The molecule has 1 aromatic heterocycles. The van der Waals surface area contributed by atoms with Crippen molar-refractivity contribution in [3.05, 3.63) is 17.8 Å². The van der Waals surface area contributed by atoms with Crippen molar-refractivity contribution in [1.29, 1.82) is 5.26 Å². The number of pyridine rings is 1. The Balaban J connectivity index is 2.26. The second kappa shape index (κ2) is 4.01. The third kappa shape index (κ3) is 1.81. The number of nitrogen functional groups attached to an aromatic ring is 1. The lowest BCUT2D eigenvalue weighted by Crippen LogP contribution is -2.22. The van der Waals surface area contributed by atoms with Gasteiger partial charge in [0.25, 0.3) is 0 Å². The zero-order valence-electron chi connectivity index (χ0n) is 9.64. The molecule has 4 heteroatoms. The number of nitrogens with two attached hydrogens (primary N) is 1. The first kappa shape index (κ1) is 10.7. The van der Waals surface area contributed by atoms with Crippen molar-refractivity contribution < 1.29 is 0 Å². The first-order chi connectivity index (χ1) is 7.61. The summed E-state index contributed by atoms with van der Waals surface area (Å²) in [6, 6.07) is 3.73. The van der Waals surface area contributed by atoms with Crippen LogP contribution in [0.25, 0.3) is 0 Å². The normalized spacial score (nSPS) is 24.4. The largest absolute Gasteiger partial charge is 0.396 e. The van der Waals surface area contributed by atoms with E-state index in [0.717, 1.165) is 18.9 Å². The Morgan fingerprint density at radius 1 is 1.44 bits per heavy atom. The highest BCUT2D eigenvalue weighted by Gasteiger charge is 2.27. The summed E-state index contributed by atoms with van der Waals surface area (Å²) in [6.45, 7) is 6.46. The maximum Gasteiger partial charge on any atom is 0.151 e. The van der Waals surface area contributed by atoms with E-state index in [2.05, 4.69) is 23.7 Å². The van der Waals surface area contributed by atoms with Crippen molar-refractivity contribution in [2.24, 2.45) is 11.8 Å². The average molecular weight is 216 g/mol. The Bertz CT molecular complexity index is 425. The first-order valence-electron chi connectivity index (χ1n) is 5.52. The standard InChI is InChI=1S/C12H16N4/c1-8-6-16(7-9(8)2)12-11(14)3-10(4-13)5-15-12/h3,5,8-9H,6-7,14H2,1-2H3. The van der Waals surface area contributed by atoms with Crippen molar-refractivity contribution in [2.45, 2.75) is 13.8 Å². The van der Waals surface area contributed by atoms with Gasteiger partial charge in [0, 0.05) is 19.3 Å². The molecule has 2 heterocycles. The zero-order chi connectivity index (χ0) is 11.7. The molecular formula is C12H16N4. The third-order valence-electron chi connectivity index (χ3n) is 3.31. The van der Waals surface area contributed by atoms with E-state index >= 15 is 0 Å². The molecule has 0 aromatic carbocycles. The smallest absolute Gasteiger partial charge is 0.151 e. The number of anilines is 2. The van der Waals surface area contributed by atoms with Gasteiger partial charge in [-0.2, -0.15) is 5.26 Å². The van der Waals surface area contributed by atoms with Gasteiger partial charge in [0.1, 0.15) is 6.07 Å². The molecular weight excluding hydrogens is 200 g/mol. The van der Waals surface area contributed by atoms with Gasteiger partial charge in [-0.25, -0.2) is 4.98 Å². The summed E-state index contributed by atoms with van der Waals surface area (Å²) in [5.74, 6) is 2.14. The van der Waals surface area contributed by atoms with Crippen LogP contribution < -0.4 is 10.6 Å². The van der Waals surface area contributed by atoms with E-state index in [4.69, 9.17) is 11.0 Å². The van der Waals surface area contributed by atoms with Gasteiger partial charge < -0.3 is 10.6 Å². The monoisotopic (exact) mass is 216 g/mol. The highest BCUT2D eigenvalue weighted by molar-refractivity contribution is 5.65. The number of nitrogens with zero attached hydrogens (tertiary/aromatic N) is 3. The van der Waals surface area contributed by atoms with Gasteiger partial charge in [0.2, 0.25) is 0 Å². The molecule has 1 fully saturated rings. The SMILES string of the molecule is CC1CN(c2ncc(C#N)cc2N)CC1C. The lowest BCUT2D eigenvalue weighted by atomic mass is 10.0. The molecule has 0 saturated carbocycles. The topological polar surface area (TPSA) is 65.9 Å². The van der Waals surface area contributed by atoms with E-state index in [0.29, 0.717) is 23.1 Å². The zero-order valence-corrected chi connectivity index (χ0v) is 9.64. The van der Waals surface area contributed by atoms with Crippen LogP contribution in [0.5, 0.6) is 0 Å². The predicted octanol–water partition coefficient (Wildman–Crippen LogP) is 1.63. The summed E-state index contributed by atoms with van der Waals surface area (Å²) >= 11 is 0. The molecule has 2 unspecified atom stereocenters. The van der Waals surface area contributed by atoms with Crippen LogP contribution in [0.15, 0.2) is 12.3 Å². The Labute approximate surface area is 95.7 Å². The second-order valence-corrected chi connectivity index (χ2v) is 4.61. The molecule has 4 nitrogen and oxygen atoms in total. The molecule has 2 rings (SSSR count). The van der Waals surface area contributed by atoms with Crippen LogP contribution in [0.4, 0.5) is 11.5 Å².